The first-order valence-electron chi connectivity index (χ1n) is 5.66. The Balaban J connectivity index is 3.47. The van der Waals surface area contributed by atoms with E-state index in [2.05, 4.69) is 11.9 Å². The van der Waals surface area contributed by atoms with Gasteiger partial charge in [0.25, 0.3) is 0 Å². The zero-order valence-electron chi connectivity index (χ0n) is 10.8. The van der Waals surface area contributed by atoms with Crippen LogP contribution in [-0.4, -0.2) is 31.5 Å². The van der Waals surface area contributed by atoms with Gasteiger partial charge in [-0.2, -0.15) is 13.2 Å². The van der Waals surface area contributed by atoms with E-state index in [9.17, 15) is 13.2 Å². The maximum Gasteiger partial charge on any atom is 0.389 e. The van der Waals surface area contributed by atoms with E-state index in [0.29, 0.717) is 13.2 Å². The maximum atomic E-state index is 11.8. The predicted octanol–water partition coefficient (Wildman–Crippen LogP) is 3.29. The molecular formula is C12H22F3NO. The molecule has 5 heteroatoms. The lowest BCUT2D eigenvalue weighted by atomic mass is 10.1. The van der Waals surface area contributed by atoms with Gasteiger partial charge < -0.3 is 10.1 Å². The van der Waals surface area contributed by atoms with Gasteiger partial charge >= 0.3 is 6.18 Å². The second kappa shape index (κ2) is 7.01. The fourth-order valence-corrected chi connectivity index (χ4v) is 1.03. The van der Waals surface area contributed by atoms with Crippen LogP contribution in [0.1, 0.15) is 33.6 Å². The molecule has 0 aliphatic heterocycles. The smallest absolute Gasteiger partial charge is 0.377 e. The molecule has 0 heterocycles. The molecule has 0 aromatic carbocycles. The molecule has 2 nitrogen and oxygen atoms in total. The number of rotatable bonds is 7. The second-order valence-electron chi connectivity index (χ2n) is 5.12. The molecule has 102 valence electrons. The minimum absolute atomic E-state index is 0.000770. The summed E-state index contributed by atoms with van der Waals surface area (Å²) in [4.78, 5) is 0. The Labute approximate surface area is 101 Å². The van der Waals surface area contributed by atoms with Crippen LogP contribution in [0.4, 0.5) is 13.2 Å². The highest BCUT2D eigenvalue weighted by molar-refractivity contribution is 4.98. The van der Waals surface area contributed by atoms with Crippen LogP contribution in [0.2, 0.25) is 0 Å². The van der Waals surface area contributed by atoms with Crippen LogP contribution in [-0.2, 0) is 4.74 Å². The molecule has 0 radical (unpaired) electrons. The molecule has 17 heavy (non-hydrogen) atoms. The van der Waals surface area contributed by atoms with E-state index in [1.54, 1.807) is 0 Å². The topological polar surface area (TPSA) is 21.3 Å². The molecule has 0 bridgehead atoms. The number of hydrogen-bond donors (Lipinski definition) is 1. The Morgan fingerprint density at radius 2 is 1.82 bits per heavy atom. The first-order chi connectivity index (χ1) is 7.60. The Morgan fingerprint density at radius 3 is 2.29 bits per heavy atom. The van der Waals surface area contributed by atoms with Gasteiger partial charge in [0.1, 0.15) is 0 Å². The third-order valence-electron chi connectivity index (χ3n) is 1.92. The van der Waals surface area contributed by atoms with Crippen LogP contribution in [0.15, 0.2) is 12.2 Å². The molecule has 0 saturated heterocycles. The monoisotopic (exact) mass is 253 g/mol. The van der Waals surface area contributed by atoms with Crippen LogP contribution >= 0.6 is 0 Å². The molecule has 0 aromatic heterocycles. The largest absolute Gasteiger partial charge is 0.389 e. The maximum absolute atomic E-state index is 11.8. The Hall–Kier alpha value is -0.550. The lowest BCUT2D eigenvalue weighted by molar-refractivity contribution is -0.137. The average molecular weight is 253 g/mol. The number of nitrogens with one attached hydrogen (secondary N) is 1. The van der Waals surface area contributed by atoms with E-state index >= 15 is 0 Å². The summed E-state index contributed by atoms with van der Waals surface area (Å²) in [6.45, 7) is 10.9. The highest BCUT2D eigenvalue weighted by Crippen LogP contribution is 2.21. The number of hydrogen-bond acceptors (Lipinski definition) is 2. The van der Waals surface area contributed by atoms with Gasteiger partial charge in [0.2, 0.25) is 0 Å². The van der Waals surface area contributed by atoms with E-state index in [0.717, 1.165) is 5.57 Å². The molecule has 1 N–H and O–H groups in total. The van der Waals surface area contributed by atoms with E-state index in [-0.39, 0.29) is 18.6 Å². The average Bonchev–Trinajstić information content (AvgIpc) is 2.11. The summed E-state index contributed by atoms with van der Waals surface area (Å²) in [5.74, 6) is 0. The van der Waals surface area contributed by atoms with E-state index < -0.39 is 12.6 Å². The summed E-state index contributed by atoms with van der Waals surface area (Å²) in [5.41, 5.74) is 0.839. The van der Waals surface area contributed by atoms with Crippen LogP contribution in [0.25, 0.3) is 0 Å². The summed E-state index contributed by atoms with van der Waals surface area (Å²) in [6.07, 6.45) is -4.88. The summed E-state index contributed by atoms with van der Waals surface area (Å²) >= 11 is 0. The zero-order valence-corrected chi connectivity index (χ0v) is 10.8. The summed E-state index contributed by atoms with van der Waals surface area (Å²) in [5, 5.41) is 3.23. The van der Waals surface area contributed by atoms with Crippen molar-refractivity contribution in [3.05, 3.63) is 12.2 Å². The predicted molar refractivity (Wildman–Crippen MR) is 63.0 cm³/mol. The first kappa shape index (κ1) is 16.4. The van der Waals surface area contributed by atoms with Gasteiger partial charge in [-0.25, -0.2) is 0 Å². The summed E-state index contributed by atoms with van der Waals surface area (Å²) in [6, 6.07) is 0. The standard InChI is InChI=1S/C12H22F3NO/c1-10(8-16-11(2,3)4)9-17-7-5-6-12(13,14)15/h16H,1,5-9H2,2-4H3. The lowest BCUT2D eigenvalue weighted by Gasteiger charge is -2.21. The van der Waals surface area contributed by atoms with Crippen LogP contribution in [0.3, 0.4) is 0 Å². The van der Waals surface area contributed by atoms with Crippen molar-refractivity contribution in [2.45, 2.75) is 45.3 Å². The van der Waals surface area contributed by atoms with Crippen molar-refractivity contribution < 1.29 is 17.9 Å². The number of halogens is 3. The zero-order chi connectivity index (χ0) is 13.5. The minimum Gasteiger partial charge on any atom is -0.377 e. The fraction of sp³-hybridized carbons (Fsp3) is 0.833. The van der Waals surface area contributed by atoms with Gasteiger partial charge in [-0.15, -0.1) is 0 Å². The number of alkyl halides is 3. The second-order valence-corrected chi connectivity index (χ2v) is 5.12. The summed E-state index contributed by atoms with van der Waals surface area (Å²) < 4.78 is 40.5. The molecule has 0 rings (SSSR count). The Morgan fingerprint density at radius 1 is 1.24 bits per heavy atom. The van der Waals surface area contributed by atoms with Gasteiger partial charge in [0, 0.05) is 25.1 Å². The SMILES string of the molecule is C=C(CNC(C)(C)C)COCCCC(F)(F)F. The molecule has 0 fully saturated rings. The molecule has 0 aliphatic rings. The van der Waals surface area contributed by atoms with Crippen molar-refractivity contribution in [3.63, 3.8) is 0 Å². The van der Waals surface area contributed by atoms with Crippen LogP contribution in [0, 0.1) is 0 Å². The summed E-state index contributed by atoms with van der Waals surface area (Å²) in [7, 11) is 0. The van der Waals surface area contributed by atoms with Crippen molar-refractivity contribution in [1.82, 2.24) is 5.32 Å². The fourth-order valence-electron chi connectivity index (χ4n) is 1.03. The third-order valence-corrected chi connectivity index (χ3v) is 1.92. The van der Waals surface area contributed by atoms with Crippen molar-refractivity contribution in [3.8, 4) is 0 Å². The molecule has 0 amide bonds. The number of ether oxygens (including phenoxy) is 1. The van der Waals surface area contributed by atoms with E-state index in [4.69, 9.17) is 4.74 Å². The van der Waals surface area contributed by atoms with Gasteiger partial charge in [0.15, 0.2) is 0 Å². The highest BCUT2D eigenvalue weighted by atomic mass is 19.4. The molecule has 0 atom stereocenters. The van der Waals surface area contributed by atoms with Crippen molar-refractivity contribution >= 4 is 0 Å². The van der Waals surface area contributed by atoms with E-state index in [1.807, 2.05) is 20.8 Å². The molecule has 0 unspecified atom stereocenters. The molecular weight excluding hydrogens is 231 g/mol. The van der Waals surface area contributed by atoms with Gasteiger partial charge in [-0.3, -0.25) is 0 Å². The molecule has 0 spiro atoms. The third kappa shape index (κ3) is 13.4. The van der Waals surface area contributed by atoms with Gasteiger partial charge in [0.05, 0.1) is 6.61 Å². The van der Waals surface area contributed by atoms with Gasteiger partial charge in [-0.1, -0.05) is 6.58 Å². The molecule has 0 aromatic rings. The Kier molecular flexibility index (Phi) is 6.78. The highest BCUT2D eigenvalue weighted by Gasteiger charge is 2.25. The van der Waals surface area contributed by atoms with Crippen LogP contribution < -0.4 is 5.32 Å². The normalized spacial score (nSPS) is 12.8. The van der Waals surface area contributed by atoms with Crippen molar-refractivity contribution in [1.29, 1.82) is 0 Å². The molecule has 0 saturated carbocycles. The van der Waals surface area contributed by atoms with Crippen LogP contribution in [0.5, 0.6) is 0 Å². The minimum atomic E-state index is -4.09. The first-order valence-corrected chi connectivity index (χ1v) is 5.66. The quantitative estimate of drug-likeness (QED) is 0.555. The van der Waals surface area contributed by atoms with Gasteiger partial charge in [-0.05, 0) is 32.8 Å². The van der Waals surface area contributed by atoms with Crippen molar-refractivity contribution in [2.24, 2.45) is 0 Å². The molecule has 0 aliphatic carbocycles. The Bertz CT molecular complexity index is 231. The van der Waals surface area contributed by atoms with E-state index in [1.165, 1.54) is 0 Å². The van der Waals surface area contributed by atoms with Crippen molar-refractivity contribution in [2.75, 3.05) is 19.8 Å². The lowest BCUT2D eigenvalue weighted by Crippen LogP contribution is -2.37.